The standard InChI is InChI=1S/C28H23N3O2S2/c1-2-18-10-12-20(13-11-18)29-26(32)17-34-28-31-24-15-14-21(16-25(24)35-28)30-27(33)23-9-5-7-19-6-3-4-8-22(19)23/h3-16H,2,17H2,1H3,(H,29,32)(H,30,33). The highest BCUT2D eigenvalue weighted by Gasteiger charge is 2.12. The van der Waals surface area contributed by atoms with E-state index in [1.54, 1.807) is 0 Å². The molecule has 0 aliphatic rings. The zero-order valence-electron chi connectivity index (χ0n) is 19.1. The van der Waals surface area contributed by atoms with Crippen molar-refractivity contribution in [3.63, 3.8) is 0 Å². The van der Waals surface area contributed by atoms with Crippen LogP contribution >= 0.6 is 23.1 Å². The monoisotopic (exact) mass is 497 g/mol. The molecule has 0 radical (unpaired) electrons. The largest absolute Gasteiger partial charge is 0.325 e. The van der Waals surface area contributed by atoms with Crippen LogP contribution in [0.5, 0.6) is 0 Å². The number of hydrogen-bond acceptors (Lipinski definition) is 5. The molecule has 0 saturated heterocycles. The van der Waals surface area contributed by atoms with Crippen LogP contribution in [0.2, 0.25) is 0 Å². The number of thioether (sulfide) groups is 1. The third-order valence-electron chi connectivity index (χ3n) is 5.63. The van der Waals surface area contributed by atoms with Crippen LogP contribution in [-0.4, -0.2) is 22.6 Å². The molecule has 0 atom stereocenters. The molecule has 0 aliphatic heterocycles. The first-order chi connectivity index (χ1) is 17.1. The third kappa shape index (κ3) is 5.37. The quantitative estimate of drug-likeness (QED) is 0.238. The number of aryl methyl sites for hydroxylation is 1. The first-order valence-electron chi connectivity index (χ1n) is 11.3. The number of fused-ring (bicyclic) bond motifs is 2. The molecule has 5 aromatic rings. The Labute approximate surface area is 211 Å². The molecule has 35 heavy (non-hydrogen) atoms. The number of amides is 2. The maximum Gasteiger partial charge on any atom is 0.256 e. The second-order valence-electron chi connectivity index (χ2n) is 8.03. The van der Waals surface area contributed by atoms with Crippen molar-refractivity contribution in [3.8, 4) is 0 Å². The lowest BCUT2D eigenvalue weighted by molar-refractivity contribution is -0.113. The number of benzene rings is 4. The van der Waals surface area contributed by atoms with Crippen LogP contribution in [0.4, 0.5) is 11.4 Å². The van der Waals surface area contributed by atoms with Gasteiger partial charge >= 0.3 is 0 Å². The van der Waals surface area contributed by atoms with Crippen LogP contribution in [-0.2, 0) is 11.2 Å². The van der Waals surface area contributed by atoms with Crippen LogP contribution < -0.4 is 10.6 Å². The Balaban J connectivity index is 1.24. The molecule has 0 fully saturated rings. The molecule has 1 heterocycles. The average Bonchev–Trinajstić information content (AvgIpc) is 3.30. The summed E-state index contributed by atoms with van der Waals surface area (Å²) in [6.45, 7) is 2.10. The molecule has 7 heteroatoms. The molecule has 0 aliphatic carbocycles. The van der Waals surface area contributed by atoms with Gasteiger partial charge in [0.2, 0.25) is 5.91 Å². The SMILES string of the molecule is CCc1ccc(NC(=O)CSc2nc3ccc(NC(=O)c4cccc5ccccc45)cc3s2)cc1. The molecule has 5 nitrogen and oxygen atoms in total. The van der Waals surface area contributed by atoms with Crippen LogP contribution in [0.25, 0.3) is 21.0 Å². The van der Waals surface area contributed by atoms with Crippen molar-refractivity contribution >= 4 is 67.3 Å². The number of thiazole rings is 1. The van der Waals surface area contributed by atoms with Crippen LogP contribution in [0.15, 0.2) is 89.3 Å². The summed E-state index contributed by atoms with van der Waals surface area (Å²) in [6, 6.07) is 27.1. The Morgan fingerprint density at radius 1 is 0.886 bits per heavy atom. The highest BCUT2D eigenvalue weighted by Crippen LogP contribution is 2.31. The number of anilines is 2. The van der Waals surface area contributed by atoms with Gasteiger partial charge < -0.3 is 10.6 Å². The smallest absolute Gasteiger partial charge is 0.256 e. The molecule has 0 saturated carbocycles. The molecule has 1 aromatic heterocycles. The van der Waals surface area contributed by atoms with E-state index in [-0.39, 0.29) is 17.6 Å². The van der Waals surface area contributed by atoms with Gasteiger partial charge in [0, 0.05) is 16.9 Å². The van der Waals surface area contributed by atoms with E-state index in [9.17, 15) is 9.59 Å². The first-order valence-corrected chi connectivity index (χ1v) is 13.1. The predicted molar refractivity (Wildman–Crippen MR) is 147 cm³/mol. The topological polar surface area (TPSA) is 71.1 Å². The van der Waals surface area contributed by atoms with E-state index >= 15 is 0 Å². The highest BCUT2D eigenvalue weighted by molar-refractivity contribution is 8.01. The summed E-state index contributed by atoms with van der Waals surface area (Å²) < 4.78 is 1.77. The minimum absolute atomic E-state index is 0.0680. The number of carbonyl (C=O) groups is 2. The van der Waals surface area contributed by atoms with E-state index < -0.39 is 0 Å². The van der Waals surface area contributed by atoms with E-state index in [2.05, 4.69) is 22.5 Å². The zero-order valence-corrected chi connectivity index (χ0v) is 20.7. The van der Waals surface area contributed by atoms with Gasteiger partial charge in [-0.2, -0.15) is 0 Å². The third-order valence-corrected chi connectivity index (χ3v) is 7.79. The second-order valence-corrected chi connectivity index (χ2v) is 10.3. The van der Waals surface area contributed by atoms with Gasteiger partial charge in [-0.15, -0.1) is 11.3 Å². The molecular weight excluding hydrogens is 474 g/mol. The van der Waals surface area contributed by atoms with Gasteiger partial charge in [-0.1, -0.05) is 67.2 Å². The Morgan fingerprint density at radius 2 is 1.66 bits per heavy atom. The number of hydrogen-bond donors (Lipinski definition) is 2. The van der Waals surface area contributed by atoms with E-state index in [0.29, 0.717) is 11.3 Å². The van der Waals surface area contributed by atoms with Crippen molar-refractivity contribution in [2.24, 2.45) is 0 Å². The molecule has 4 aromatic carbocycles. The summed E-state index contributed by atoms with van der Waals surface area (Å²) in [5.41, 5.74) is 4.22. The lowest BCUT2D eigenvalue weighted by Crippen LogP contribution is -2.13. The minimum Gasteiger partial charge on any atom is -0.325 e. The number of nitrogens with zero attached hydrogens (tertiary/aromatic N) is 1. The Hall–Kier alpha value is -3.68. The Bertz CT molecular complexity index is 1520. The number of rotatable bonds is 7. The minimum atomic E-state index is -0.149. The van der Waals surface area contributed by atoms with Crippen molar-refractivity contribution in [1.82, 2.24) is 4.98 Å². The predicted octanol–water partition coefficient (Wildman–Crippen LogP) is 7.00. The lowest BCUT2D eigenvalue weighted by atomic mass is 10.0. The summed E-state index contributed by atoms with van der Waals surface area (Å²) >= 11 is 2.92. The Kier molecular flexibility index (Phi) is 6.79. The van der Waals surface area contributed by atoms with Gasteiger partial charge in [-0.3, -0.25) is 9.59 Å². The summed E-state index contributed by atoms with van der Waals surface area (Å²) in [5, 5.41) is 7.88. The highest BCUT2D eigenvalue weighted by atomic mass is 32.2. The lowest BCUT2D eigenvalue weighted by Gasteiger charge is -2.08. The molecule has 5 rings (SSSR count). The van der Waals surface area contributed by atoms with Crippen molar-refractivity contribution in [3.05, 3.63) is 96.1 Å². The zero-order chi connectivity index (χ0) is 24.2. The maximum atomic E-state index is 13.0. The summed E-state index contributed by atoms with van der Waals surface area (Å²) in [6.07, 6.45) is 0.968. The van der Waals surface area contributed by atoms with Crippen LogP contribution in [0, 0.1) is 0 Å². The van der Waals surface area contributed by atoms with Gasteiger partial charge in [-0.05, 0) is 59.2 Å². The van der Waals surface area contributed by atoms with E-state index in [1.807, 2.05) is 84.9 Å². The van der Waals surface area contributed by atoms with Gasteiger partial charge in [0.05, 0.1) is 16.0 Å². The normalized spacial score (nSPS) is 11.0. The number of nitrogens with one attached hydrogen (secondary N) is 2. The fraction of sp³-hybridized carbons (Fsp3) is 0.107. The van der Waals surface area contributed by atoms with Gasteiger partial charge in [0.1, 0.15) is 0 Å². The fourth-order valence-corrected chi connectivity index (χ4v) is 5.72. The summed E-state index contributed by atoms with van der Waals surface area (Å²) in [4.78, 5) is 29.9. The van der Waals surface area contributed by atoms with Crippen molar-refractivity contribution in [1.29, 1.82) is 0 Å². The average molecular weight is 498 g/mol. The first kappa shape index (κ1) is 23.1. The van der Waals surface area contributed by atoms with E-state index in [1.165, 1.54) is 28.7 Å². The Morgan fingerprint density at radius 3 is 2.49 bits per heavy atom. The summed E-state index contributed by atoms with van der Waals surface area (Å²) in [7, 11) is 0. The van der Waals surface area contributed by atoms with Gasteiger partial charge in [0.15, 0.2) is 4.34 Å². The number of carbonyl (C=O) groups excluding carboxylic acids is 2. The van der Waals surface area contributed by atoms with Crippen molar-refractivity contribution in [2.45, 2.75) is 17.7 Å². The van der Waals surface area contributed by atoms with Crippen molar-refractivity contribution < 1.29 is 9.59 Å². The molecule has 0 unspecified atom stereocenters. The molecule has 0 spiro atoms. The van der Waals surface area contributed by atoms with Gasteiger partial charge in [0.25, 0.3) is 5.91 Å². The molecular formula is C28H23N3O2S2. The summed E-state index contributed by atoms with van der Waals surface area (Å²) in [5.74, 6) is 0.0606. The molecule has 174 valence electrons. The van der Waals surface area contributed by atoms with E-state index in [4.69, 9.17) is 0 Å². The molecule has 2 amide bonds. The number of aromatic nitrogens is 1. The second kappa shape index (κ2) is 10.3. The van der Waals surface area contributed by atoms with Crippen LogP contribution in [0.1, 0.15) is 22.8 Å². The maximum absolute atomic E-state index is 13.0. The molecule has 2 N–H and O–H groups in total. The van der Waals surface area contributed by atoms with Crippen LogP contribution in [0.3, 0.4) is 0 Å². The van der Waals surface area contributed by atoms with E-state index in [0.717, 1.165) is 37.4 Å². The fourth-order valence-electron chi connectivity index (χ4n) is 3.81. The van der Waals surface area contributed by atoms with Gasteiger partial charge in [-0.25, -0.2) is 4.98 Å². The van der Waals surface area contributed by atoms with Crippen molar-refractivity contribution in [2.75, 3.05) is 16.4 Å². The molecule has 0 bridgehead atoms.